The first kappa shape index (κ1) is 10.4. The number of carbonyl (C=O) groups excluding carboxylic acids is 1. The summed E-state index contributed by atoms with van der Waals surface area (Å²) in [6.45, 7) is 5.57. The molecule has 4 saturated carbocycles. The summed E-state index contributed by atoms with van der Waals surface area (Å²) in [5.74, 6) is 1.92. The highest BCUT2D eigenvalue weighted by molar-refractivity contribution is 5.68. The van der Waals surface area contributed by atoms with Gasteiger partial charge in [0, 0.05) is 12.0 Å². The van der Waals surface area contributed by atoms with E-state index in [1.807, 2.05) is 20.8 Å². The Bertz CT molecular complexity index is 336. The molecule has 0 saturated heterocycles. The van der Waals surface area contributed by atoms with Gasteiger partial charge >= 0.3 is 6.09 Å². The maximum Gasteiger partial charge on any atom is 0.407 e. The molecule has 0 spiro atoms. The SMILES string of the molecule is CC(C)(C)OC(=O)NC1C2CC3C(C2O)C31. The summed E-state index contributed by atoms with van der Waals surface area (Å²) in [7, 11) is 0. The number of carbonyl (C=O) groups is 1. The molecule has 0 aromatic rings. The zero-order valence-corrected chi connectivity index (χ0v) is 9.93. The van der Waals surface area contributed by atoms with E-state index in [1.165, 1.54) is 0 Å². The normalized spacial score (nSPS) is 48.0. The van der Waals surface area contributed by atoms with Gasteiger partial charge in [-0.25, -0.2) is 4.79 Å². The lowest BCUT2D eigenvalue weighted by molar-refractivity contribution is 0.0476. The topological polar surface area (TPSA) is 58.6 Å². The van der Waals surface area contributed by atoms with Crippen molar-refractivity contribution in [3.05, 3.63) is 0 Å². The van der Waals surface area contributed by atoms with E-state index in [9.17, 15) is 9.90 Å². The molecule has 4 aliphatic rings. The van der Waals surface area contributed by atoms with Crippen LogP contribution < -0.4 is 5.32 Å². The molecule has 0 aliphatic heterocycles. The molecule has 4 rings (SSSR count). The maximum atomic E-state index is 11.6. The Labute approximate surface area is 95.4 Å². The van der Waals surface area contributed by atoms with Crippen molar-refractivity contribution in [2.24, 2.45) is 23.7 Å². The van der Waals surface area contributed by atoms with Gasteiger partial charge in [-0.15, -0.1) is 0 Å². The Morgan fingerprint density at radius 2 is 2.00 bits per heavy atom. The molecular weight excluding hydrogens is 206 g/mol. The Kier molecular flexibility index (Phi) is 1.89. The van der Waals surface area contributed by atoms with Crippen LogP contribution in [0.2, 0.25) is 0 Å². The number of amides is 1. The Balaban J connectivity index is 1.59. The molecule has 16 heavy (non-hydrogen) atoms. The predicted molar refractivity (Wildman–Crippen MR) is 57.7 cm³/mol. The van der Waals surface area contributed by atoms with E-state index in [0.717, 1.165) is 6.42 Å². The van der Waals surface area contributed by atoms with Gasteiger partial charge in [-0.2, -0.15) is 0 Å². The highest BCUT2D eigenvalue weighted by atomic mass is 16.6. The number of hydrogen-bond donors (Lipinski definition) is 2. The molecule has 6 atom stereocenters. The van der Waals surface area contributed by atoms with Crippen LogP contribution in [0, 0.1) is 23.7 Å². The summed E-state index contributed by atoms with van der Waals surface area (Å²) in [6, 6.07) is 0.153. The minimum Gasteiger partial charge on any atom is -0.444 e. The molecule has 0 aromatic carbocycles. The second-order valence-electron chi connectivity index (χ2n) is 6.38. The lowest BCUT2D eigenvalue weighted by atomic mass is 10.1. The number of ether oxygens (including phenoxy) is 1. The fourth-order valence-corrected chi connectivity index (χ4v) is 3.76. The first-order chi connectivity index (χ1) is 7.38. The summed E-state index contributed by atoms with van der Waals surface area (Å²) < 4.78 is 5.24. The summed E-state index contributed by atoms with van der Waals surface area (Å²) in [4.78, 5) is 11.6. The molecule has 90 valence electrons. The quantitative estimate of drug-likeness (QED) is 0.703. The van der Waals surface area contributed by atoms with Crippen molar-refractivity contribution in [1.82, 2.24) is 5.32 Å². The Hall–Kier alpha value is -0.770. The molecule has 0 radical (unpaired) electrons. The van der Waals surface area contributed by atoms with Crippen LogP contribution in [0.5, 0.6) is 0 Å². The Morgan fingerprint density at radius 3 is 2.38 bits per heavy atom. The third kappa shape index (κ3) is 1.35. The lowest BCUT2D eigenvalue weighted by Gasteiger charge is -2.23. The molecule has 0 heterocycles. The Morgan fingerprint density at radius 1 is 1.31 bits per heavy atom. The van der Waals surface area contributed by atoms with E-state index >= 15 is 0 Å². The molecule has 1 amide bonds. The van der Waals surface area contributed by atoms with E-state index in [-0.39, 0.29) is 24.2 Å². The van der Waals surface area contributed by atoms with Crippen LogP contribution in [0.1, 0.15) is 27.2 Å². The van der Waals surface area contributed by atoms with Crippen molar-refractivity contribution in [2.75, 3.05) is 0 Å². The van der Waals surface area contributed by atoms with Crippen molar-refractivity contribution in [3.8, 4) is 0 Å². The predicted octanol–water partition coefficient (Wildman–Crippen LogP) is 1.14. The molecule has 4 aliphatic carbocycles. The van der Waals surface area contributed by atoms with Crippen molar-refractivity contribution >= 4 is 6.09 Å². The first-order valence-electron chi connectivity index (χ1n) is 6.06. The van der Waals surface area contributed by atoms with E-state index < -0.39 is 5.60 Å². The summed E-state index contributed by atoms with van der Waals surface area (Å²) >= 11 is 0. The largest absolute Gasteiger partial charge is 0.444 e. The number of aliphatic hydroxyl groups excluding tert-OH is 1. The average molecular weight is 225 g/mol. The number of aliphatic hydroxyl groups is 1. The van der Waals surface area contributed by atoms with Gasteiger partial charge in [0.15, 0.2) is 0 Å². The fraction of sp³-hybridized carbons (Fsp3) is 0.917. The number of rotatable bonds is 1. The standard InChI is InChI=1S/C12H19NO3/c1-12(2,3)16-11(15)13-9-6-4-5-7(9)8(5)10(6)14/h5-10,14H,4H2,1-3H3,(H,13,15). The zero-order valence-electron chi connectivity index (χ0n) is 9.93. The molecule has 2 N–H and O–H groups in total. The highest BCUT2D eigenvalue weighted by Gasteiger charge is 2.73. The molecule has 4 nitrogen and oxygen atoms in total. The third-order valence-electron chi connectivity index (χ3n) is 4.23. The van der Waals surface area contributed by atoms with E-state index in [2.05, 4.69) is 5.32 Å². The summed E-state index contributed by atoms with van der Waals surface area (Å²) in [6.07, 6.45) is 0.551. The van der Waals surface area contributed by atoms with Gasteiger partial charge < -0.3 is 15.2 Å². The van der Waals surface area contributed by atoms with Crippen LogP contribution in [-0.2, 0) is 4.74 Å². The smallest absolute Gasteiger partial charge is 0.407 e. The molecule has 4 fully saturated rings. The van der Waals surface area contributed by atoms with E-state index in [1.54, 1.807) is 0 Å². The maximum absolute atomic E-state index is 11.6. The minimum atomic E-state index is -0.451. The molecule has 6 unspecified atom stereocenters. The highest BCUT2D eigenvalue weighted by Crippen LogP contribution is 2.70. The molecule has 4 bridgehead atoms. The second kappa shape index (κ2) is 2.92. The molecule has 4 heteroatoms. The average Bonchev–Trinajstić information content (AvgIpc) is 2.43. The van der Waals surface area contributed by atoms with Crippen LogP contribution in [-0.4, -0.2) is 28.9 Å². The van der Waals surface area contributed by atoms with Crippen LogP contribution in [0.15, 0.2) is 0 Å². The van der Waals surface area contributed by atoms with Crippen molar-refractivity contribution in [2.45, 2.75) is 44.9 Å². The van der Waals surface area contributed by atoms with Crippen LogP contribution in [0.3, 0.4) is 0 Å². The molecular formula is C12H19NO3. The van der Waals surface area contributed by atoms with Gasteiger partial charge in [-0.05, 0) is 44.9 Å². The van der Waals surface area contributed by atoms with Gasteiger partial charge in [0.2, 0.25) is 0 Å². The van der Waals surface area contributed by atoms with Gasteiger partial charge in [0.05, 0.1) is 6.10 Å². The summed E-state index contributed by atoms with van der Waals surface area (Å²) in [5, 5.41) is 12.8. The lowest BCUT2D eigenvalue weighted by Crippen LogP contribution is -2.42. The van der Waals surface area contributed by atoms with Crippen LogP contribution in [0.25, 0.3) is 0 Å². The number of alkyl carbamates (subject to hydrolysis) is 1. The van der Waals surface area contributed by atoms with Gasteiger partial charge in [0.25, 0.3) is 0 Å². The van der Waals surface area contributed by atoms with Crippen molar-refractivity contribution in [1.29, 1.82) is 0 Å². The number of nitrogens with one attached hydrogen (secondary N) is 1. The van der Waals surface area contributed by atoms with Crippen LogP contribution in [0.4, 0.5) is 4.79 Å². The van der Waals surface area contributed by atoms with Gasteiger partial charge in [-0.1, -0.05) is 0 Å². The third-order valence-corrected chi connectivity index (χ3v) is 4.23. The minimum absolute atomic E-state index is 0.153. The van der Waals surface area contributed by atoms with Crippen molar-refractivity contribution < 1.29 is 14.6 Å². The number of hydrogen-bond acceptors (Lipinski definition) is 3. The van der Waals surface area contributed by atoms with E-state index in [0.29, 0.717) is 17.8 Å². The van der Waals surface area contributed by atoms with Gasteiger partial charge in [-0.3, -0.25) is 0 Å². The summed E-state index contributed by atoms with van der Waals surface area (Å²) in [5.41, 5.74) is -0.451. The first-order valence-corrected chi connectivity index (χ1v) is 6.06. The molecule has 0 aromatic heterocycles. The monoisotopic (exact) mass is 225 g/mol. The van der Waals surface area contributed by atoms with Crippen molar-refractivity contribution in [3.63, 3.8) is 0 Å². The second-order valence-corrected chi connectivity index (χ2v) is 6.38. The van der Waals surface area contributed by atoms with Gasteiger partial charge in [0.1, 0.15) is 5.60 Å². The van der Waals surface area contributed by atoms with Crippen LogP contribution >= 0.6 is 0 Å². The fourth-order valence-electron chi connectivity index (χ4n) is 3.76. The zero-order chi connectivity index (χ0) is 11.7. The van der Waals surface area contributed by atoms with E-state index in [4.69, 9.17) is 4.74 Å².